The van der Waals surface area contributed by atoms with Crippen LogP contribution in [-0.2, 0) is 11.3 Å². The fourth-order valence-corrected chi connectivity index (χ4v) is 2.00. The highest BCUT2D eigenvalue weighted by molar-refractivity contribution is 5.78. The molecule has 0 fully saturated rings. The van der Waals surface area contributed by atoms with E-state index in [0.717, 1.165) is 22.4 Å². The summed E-state index contributed by atoms with van der Waals surface area (Å²) in [4.78, 5) is 11.8. The molecule has 0 saturated heterocycles. The van der Waals surface area contributed by atoms with Crippen LogP contribution in [0.1, 0.15) is 30.0 Å². The van der Waals surface area contributed by atoms with Gasteiger partial charge >= 0.3 is 0 Å². The van der Waals surface area contributed by atoms with Crippen LogP contribution < -0.4 is 15.8 Å². The fourth-order valence-electron chi connectivity index (χ4n) is 2.00. The van der Waals surface area contributed by atoms with Crippen LogP contribution in [0.4, 0.5) is 0 Å². The summed E-state index contributed by atoms with van der Waals surface area (Å²) in [7, 11) is 1.66. The highest BCUT2D eigenvalue weighted by Crippen LogP contribution is 2.23. The molecular weight excluding hydrogens is 240 g/mol. The van der Waals surface area contributed by atoms with E-state index >= 15 is 0 Å². The Labute approximate surface area is 115 Å². The molecule has 1 rings (SSSR count). The Morgan fingerprint density at radius 1 is 1.37 bits per heavy atom. The van der Waals surface area contributed by atoms with E-state index in [1.807, 2.05) is 32.9 Å². The molecule has 106 valence electrons. The third-order valence-corrected chi connectivity index (χ3v) is 3.57. The Kier molecular flexibility index (Phi) is 5.83. The molecule has 19 heavy (non-hydrogen) atoms. The molecule has 0 bridgehead atoms. The number of ether oxygens (including phenoxy) is 1. The van der Waals surface area contributed by atoms with Crippen LogP contribution in [0.3, 0.4) is 0 Å². The molecule has 1 aromatic carbocycles. The number of carbonyl (C=O) groups excluding carboxylic acids is 1. The van der Waals surface area contributed by atoms with E-state index in [1.165, 1.54) is 0 Å². The number of hydrogen-bond donors (Lipinski definition) is 2. The van der Waals surface area contributed by atoms with Crippen molar-refractivity contribution in [1.29, 1.82) is 0 Å². The summed E-state index contributed by atoms with van der Waals surface area (Å²) in [6.07, 6.45) is 0.715. The highest BCUT2D eigenvalue weighted by atomic mass is 16.5. The second-order valence-corrected chi connectivity index (χ2v) is 4.87. The molecule has 0 saturated carbocycles. The molecule has 1 amide bonds. The van der Waals surface area contributed by atoms with Crippen molar-refractivity contribution < 1.29 is 9.53 Å². The molecule has 4 nitrogen and oxygen atoms in total. The molecular formula is C15H24N2O2. The third-order valence-electron chi connectivity index (χ3n) is 3.57. The maximum atomic E-state index is 11.8. The number of benzene rings is 1. The van der Waals surface area contributed by atoms with Gasteiger partial charge in [0.15, 0.2) is 0 Å². The first-order chi connectivity index (χ1) is 9.01. The molecule has 4 heteroatoms. The zero-order valence-electron chi connectivity index (χ0n) is 12.2. The van der Waals surface area contributed by atoms with Crippen molar-refractivity contribution in [3.8, 4) is 5.75 Å². The molecule has 0 heterocycles. The van der Waals surface area contributed by atoms with E-state index in [1.54, 1.807) is 7.11 Å². The molecule has 1 aromatic rings. The summed E-state index contributed by atoms with van der Waals surface area (Å²) < 4.78 is 5.28. The maximum absolute atomic E-state index is 11.8. The van der Waals surface area contributed by atoms with Crippen LogP contribution in [0.15, 0.2) is 12.1 Å². The Hall–Kier alpha value is -1.55. The monoisotopic (exact) mass is 264 g/mol. The van der Waals surface area contributed by atoms with Gasteiger partial charge in [-0.2, -0.15) is 0 Å². The van der Waals surface area contributed by atoms with E-state index in [9.17, 15) is 4.79 Å². The Balaban J connectivity index is 2.68. The average Bonchev–Trinajstić information content (AvgIpc) is 2.40. The minimum atomic E-state index is -0.0374. The van der Waals surface area contributed by atoms with Crippen molar-refractivity contribution >= 4 is 5.91 Å². The van der Waals surface area contributed by atoms with Crippen molar-refractivity contribution in [1.82, 2.24) is 5.32 Å². The van der Waals surface area contributed by atoms with Gasteiger partial charge in [-0.3, -0.25) is 4.79 Å². The molecule has 0 aromatic heterocycles. The lowest BCUT2D eigenvalue weighted by atomic mass is 10.0. The van der Waals surface area contributed by atoms with E-state index < -0.39 is 0 Å². The number of hydrogen-bond acceptors (Lipinski definition) is 3. The molecule has 1 unspecified atom stereocenters. The number of amides is 1. The summed E-state index contributed by atoms with van der Waals surface area (Å²) in [5.74, 6) is 0.895. The lowest BCUT2D eigenvalue weighted by Crippen LogP contribution is -2.30. The largest absolute Gasteiger partial charge is 0.496 e. The van der Waals surface area contributed by atoms with Gasteiger partial charge in [0.25, 0.3) is 0 Å². The topological polar surface area (TPSA) is 64.3 Å². The Morgan fingerprint density at radius 2 is 2.05 bits per heavy atom. The van der Waals surface area contributed by atoms with Gasteiger partial charge in [-0.1, -0.05) is 13.0 Å². The first-order valence-corrected chi connectivity index (χ1v) is 6.62. The van der Waals surface area contributed by atoms with Gasteiger partial charge in [0, 0.05) is 12.5 Å². The van der Waals surface area contributed by atoms with Crippen LogP contribution in [0.25, 0.3) is 0 Å². The molecule has 0 aliphatic carbocycles. The number of nitrogens with one attached hydrogen (secondary N) is 1. The van der Waals surface area contributed by atoms with Crippen molar-refractivity contribution in [3.63, 3.8) is 0 Å². The Bertz CT molecular complexity index is 444. The minimum Gasteiger partial charge on any atom is -0.496 e. The van der Waals surface area contributed by atoms with E-state index in [4.69, 9.17) is 10.5 Å². The summed E-state index contributed by atoms with van der Waals surface area (Å²) in [5.41, 5.74) is 8.85. The second-order valence-electron chi connectivity index (χ2n) is 4.87. The average molecular weight is 264 g/mol. The van der Waals surface area contributed by atoms with Gasteiger partial charge < -0.3 is 15.8 Å². The molecule has 0 spiro atoms. The zero-order chi connectivity index (χ0) is 14.4. The zero-order valence-corrected chi connectivity index (χ0v) is 12.2. The minimum absolute atomic E-state index is 0.0374. The third kappa shape index (κ3) is 3.96. The van der Waals surface area contributed by atoms with E-state index in [-0.39, 0.29) is 11.8 Å². The first-order valence-electron chi connectivity index (χ1n) is 6.62. The summed E-state index contributed by atoms with van der Waals surface area (Å²) in [5, 5.41) is 2.95. The molecule has 0 radical (unpaired) electrons. The summed E-state index contributed by atoms with van der Waals surface area (Å²) >= 11 is 0. The Morgan fingerprint density at radius 3 is 2.63 bits per heavy atom. The van der Waals surface area contributed by atoms with Crippen LogP contribution >= 0.6 is 0 Å². The van der Waals surface area contributed by atoms with Gasteiger partial charge in [0.1, 0.15) is 5.75 Å². The quantitative estimate of drug-likeness (QED) is 0.825. The predicted molar refractivity (Wildman–Crippen MR) is 77.2 cm³/mol. The van der Waals surface area contributed by atoms with Crippen LogP contribution in [0.5, 0.6) is 5.75 Å². The van der Waals surface area contributed by atoms with Crippen molar-refractivity contribution in [2.45, 2.75) is 33.7 Å². The number of nitrogens with two attached hydrogens (primary N) is 1. The second kappa shape index (κ2) is 7.14. The summed E-state index contributed by atoms with van der Waals surface area (Å²) in [6.45, 7) is 7.05. The SMILES string of the molecule is COc1ccc(CNC(=O)C(C)CCN)c(C)c1C. The predicted octanol–water partition coefficient (Wildman–Crippen LogP) is 1.91. The van der Waals surface area contributed by atoms with Crippen molar-refractivity contribution in [3.05, 3.63) is 28.8 Å². The molecule has 0 aliphatic heterocycles. The molecule has 0 aliphatic rings. The fraction of sp³-hybridized carbons (Fsp3) is 0.533. The molecule has 3 N–H and O–H groups in total. The van der Waals surface area contributed by atoms with Crippen molar-refractivity contribution in [2.75, 3.05) is 13.7 Å². The van der Waals surface area contributed by atoms with Gasteiger partial charge in [0.05, 0.1) is 7.11 Å². The maximum Gasteiger partial charge on any atom is 0.223 e. The number of methoxy groups -OCH3 is 1. The highest BCUT2D eigenvalue weighted by Gasteiger charge is 2.12. The van der Waals surface area contributed by atoms with Gasteiger partial charge in [0.2, 0.25) is 5.91 Å². The van der Waals surface area contributed by atoms with Gasteiger partial charge in [-0.25, -0.2) is 0 Å². The van der Waals surface area contributed by atoms with Crippen LogP contribution in [0, 0.1) is 19.8 Å². The summed E-state index contributed by atoms with van der Waals surface area (Å²) in [6, 6.07) is 3.93. The van der Waals surface area contributed by atoms with Crippen LogP contribution in [0.2, 0.25) is 0 Å². The van der Waals surface area contributed by atoms with E-state index in [0.29, 0.717) is 19.5 Å². The normalized spacial score (nSPS) is 12.1. The van der Waals surface area contributed by atoms with Crippen LogP contribution in [-0.4, -0.2) is 19.6 Å². The lowest BCUT2D eigenvalue weighted by Gasteiger charge is -2.15. The molecule has 1 atom stereocenters. The van der Waals surface area contributed by atoms with Crippen molar-refractivity contribution in [2.24, 2.45) is 11.7 Å². The smallest absolute Gasteiger partial charge is 0.223 e. The van der Waals surface area contributed by atoms with Gasteiger partial charge in [-0.15, -0.1) is 0 Å². The van der Waals surface area contributed by atoms with E-state index in [2.05, 4.69) is 5.32 Å². The number of carbonyl (C=O) groups is 1. The lowest BCUT2D eigenvalue weighted by molar-refractivity contribution is -0.124. The standard InChI is InChI=1S/C15H24N2O2/c1-10(7-8-16)15(18)17-9-13-5-6-14(19-4)12(3)11(13)2/h5-6,10H,7-9,16H2,1-4H3,(H,17,18). The number of rotatable bonds is 6. The van der Waals surface area contributed by atoms with Gasteiger partial charge in [-0.05, 0) is 49.6 Å². The first kappa shape index (κ1) is 15.5.